The number of rotatable bonds is 11. The molecule has 2 aromatic rings. The van der Waals surface area contributed by atoms with E-state index in [4.69, 9.17) is 14.5 Å². The second-order valence-corrected chi connectivity index (χ2v) is 6.40. The first-order valence-corrected chi connectivity index (χ1v) is 9.45. The van der Waals surface area contributed by atoms with Gasteiger partial charge in [0.15, 0.2) is 5.96 Å². The van der Waals surface area contributed by atoms with E-state index in [-0.39, 0.29) is 0 Å². The maximum absolute atomic E-state index is 5.76. The first-order valence-electron chi connectivity index (χ1n) is 9.45. The highest BCUT2D eigenvalue weighted by Gasteiger charge is 2.05. The minimum absolute atomic E-state index is 0.385. The van der Waals surface area contributed by atoms with Crippen molar-refractivity contribution < 1.29 is 9.47 Å². The molecule has 0 amide bonds. The molecule has 1 aromatic heterocycles. The average Bonchev–Trinajstić information content (AvgIpc) is 3.17. The van der Waals surface area contributed by atoms with Gasteiger partial charge >= 0.3 is 0 Å². The summed E-state index contributed by atoms with van der Waals surface area (Å²) in [6.45, 7) is 7.92. The van der Waals surface area contributed by atoms with Gasteiger partial charge in [-0.2, -0.15) is 5.10 Å². The number of aromatic nitrogens is 2. The zero-order chi connectivity index (χ0) is 19.3. The maximum atomic E-state index is 5.76. The van der Waals surface area contributed by atoms with Crippen molar-refractivity contribution in [3.8, 4) is 5.75 Å². The van der Waals surface area contributed by atoms with Crippen LogP contribution in [-0.4, -0.2) is 49.2 Å². The normalized spacial score (nSPS) is 12.6. The van der Waals surface area contributed by atoms with Gasteiger partial charge < -0.3 is 20.1 Å². The Bertz CT molecular complexity index is 673. The topological polar surface area (TPSA) is 72.7 Å². The van der Waals surface area contributed by atoms with E-state index in [1.807, 2.05) is 41.2 Å². The van der Waals surface area contributed by atoms with Crippen LogP contribution >= 0.6 is 0 Å². The highest BCUT2D eigenvalue weighted by atomic mass is 16.5. The average molecular weight is 374 g/mol. The minimum Gasteiger partial charge on any atom is -0.493 e. The molecule has 1 unspecified atom stereocenters. The number of nitrogens with one attached hydrogen (secondary N) is 2. The number of nitrogens with zero attached hydrogens (tertiary/aromatic N) is 3. The molecule has 0 saturated carbocycles. The highest BCUT2D eigenvalue weighted by Crippen LogP contribution is 2.17. The lowest BCUT2D eigenvalue weighted by Crippen LogP contribution is -2.31. The van der Waals surface area contributed by atoms with Crippen molar-refractivity contribution in [2.24, 2.45) is 10.9 Å². The molecule has 2 rings (SSSR count). The Morgan fingerprint density at radius 1 is 1.30 bits per heavy atom. The lowest BCUT2D eigenvalue weighted by atomic mass is 10.2. The van der Waals surface area contributed by atoms with Crippen molar-refractivity contribution in [3.05, 3.63) is 42.7 Å². The number of hydrogen-bond donors (Lipinski definition) is 2. The Morgan fingerprint density at radius 3 is 2.93 bits per heavy atom. The molecule has 0 spiro atoms. The van der Waals surface area contributed by atoms with Crippen LogP contribution in [0.4, 0.5) is 5.69 Å². The second-order valence-electron chi connectivity index (χ2n) is 6.40. The van der Waals surface area contributed by atoms with Gasteiger partial charge in [-0.05, 0) is 31.0 Å². The molecule has 148 valence electrons. The number of anilines is 1. The Hall–Kier alpha value is -2.54. The fourth-order valence-corrected chi connectivity index (χ4v) is 2.53. The number of benzene rings is 1. The number of aliphatic imine (C=N–C) groups is 1. The summed E-state index contributed by atoms with van der Waals surface area (Å²) in [5.74, 6) is 1.98. The Labute approximate surface area is 161 Å². The summed E-state index contributed by atoms with van der Waals surface area (Å²) in [4.78, 5) is 4.70. The Balaban J connectivity index is 1.90. The molecule has 0 aliphatic heterocycles. The van der Waals surface area contributed by atoms with Crippen LogP contribution in [0.3, 0.4) is 0 Å². The van der Waals surface area contributed by atoms with Crippen LogP contribution in [0.1, 0.15) is 20.3 Å². The Kier molecular flexibility index (Phi) is 9.20. The van der Waals surface area contributed by atoms with Gasteiger partial charge in [0.1, 0.15) is 5.75 Å². The van der Waals surface area contributed by atoms with Crippen LogP contribution in [0, 0.1) is 5.92 Å². The van der Waals surface area contributed by atoms with E-state index < -0.39 is 0 Å². The number of methoxy groups -OCH3 is 1. The monoisotopic (exact) mass is 373 g/mol. The van der Waals surface area contributed by atoms with Gasteiger partial charge in [-0.1, -0.05) is 13.0 Å². The van der Waals surface area contributed by atoms with Crippen molar-refractivity contribution >= 4 is 11.6 Å². The molecule has 27 heavy (non-hydrogen) atoms. The van der Waals surface area contributed by atoms with Gasteiger partial charge in [-0.15, -0.1) is 0 Å². The van der Waals surface area contributed by atoms with E-state index in [9.17, 15) is 0 Å². The number of guanidine groups is 1. The zero-order valence-electron chi connectivity index (χ0n) is 16.5. The van der Waals surface area contributed by atoms with Crippen LogP contribution in [-0.2, 0) is 11.3 Å². The van der Waals surface area contributed by atoms with Gasteiger partial charge in [0.25, 0.3) is 0 Å². The van der Waals surface area contributed by atoms with Crippen molar-refractivity contribution in [3.63, 3.8) is 0 Å². The lowest BCUT2D eigenvalue weighted by Gasteiger charge is -2.14. The summed E-state index contributed by atoms with van der Waals surface area (Å²) in [7, 11) is 1.70. The van der Waals surface area contributed by atoms with E-state index in [1.165, 1.54) is 0 Å². The fraction of sp³-hybridized carbons (Fsp3) is 0.500. The van der Waals surface area contributed by atoms with E-state index in [2.05, 4.69) is 29.6 Å². The van der Waals surface area contributed by atoms with Gasteiger partial charge in [0.2, 0.25) is 0 Å². The van der Waals surface area contributed by atoms with E-state index in [0.29, 0.717) is 25.7 Å². The van der Waals surface area contributed by atoms with E-state index in [0.717, 1.165) is 36.9 Å². The molecule has 0 aliphatic rings. The summed E-state index contributed by atoms with van der Waals surface area (Å²) in [6.07, 6.45) is 4.64. The van der Waals surface area contributed by atoms with Crippen LogP contribution in [0.15, 0.2) is 47.7 Å². The molecule has 0 aliphatic carbocycles. The van der Waals surface area contributed by atoms with Crippen LogP contribution in [0.25, 0.3) is 0 Å². The SMILES string of the molecule is CCNC(=NCC(C)Cn1cccn1)Nc1cccc(OCCCOC)c1. The molecular formula is C20H31N5O2. The van der Waals surface area contributed by atoms with Gasteiger partial charge in [0.05, 0.1) is 6.61 Å². The molecule has 0 bridgehead atoms. The third-order valence-corrected chi connectivity index (χ3v) is 3.82. The van der Waals surface area contributed by atoms with Crippen molar-refractivity contribution in [1.29, 1.82) is 0 Å². The van der Waals surface area contributed by atoms with Crippen molar-refractivity contribution in [2.75, 3.05) is 38.7 Å². The standard InChI is InChI=1S/C20H31N5O2/c1-4-21-20(22-15-17(2)16-25-11-6-10-23-25)24-18-8-5-9-19(14-18)27-13-7-12-26-3/h5-6,8-11,14,17H,4,7,12-13,15-16H2,1-3H3,(H2,21,22,24). The molecular weight excluding hydrogens is 342 g/mol. The summed E-state index contributed by atoms with van der Waals surface area (Å²) in [6, 6.07) is 9.84. The predicted octanol–water partition coefficient (Wildman–Crippen LogP) is 3.01. The van der Waals surface area contributed by atoms with Crippen LogP contribution in [0.5, 0.6) is 5.75 Å². The Morgan fingerprint density at radius 2 is 2.19 bits per heavy atom. The van der Waals surface area contributed by atoms with Crippen molar-refractivity contribution in [2.45, 2.75) is 26.8 Å². The molecule has 7 nitrogen and oxygen atoms in total. The lowest BCUT2D eigenvalue weighted by molar-refractivity contribution is 0.172. The molecule has 7 heteroatoms. The first-order chi connectivity index (χ1) is 13.2. The highest BCUT2D eigenvalue weighted by molar-refractivity contribution is 5.93. The van der Waals surface area contributed by atoms with Gasteiger partial charge in [-0.25, -0.2) is 0 Å². The van der Waals surface area contributed by atoms with Crippen LogP contribution < -0.4 is 15.4 Å². The molecule has 0 radical (unpaired) electrons. The fourth-order valence-electron chi connectivity index (χ4n) is 2.53. The maximum Gasteiger partial charge on any atom is 0.195 e. The molecule has 0 saturated heterocycles. The third-order valence-electron chi connectivity index (χ3n) is 3.82. The summed E-state index contributed by atoms with van der Waals surface area (Å²) < 4.78 is 12.7. The van der Waals surface area contributed by atoms with Crippen LogP contribution in [0.2, 0.25) is 0 Å². The van der Waals surface area contributed by atoms with E-state index >= 15 is 0 Å². The molecule has 0 fully saturated rings. The number of ether oxygens (including phenoxy) is 2. The predicted molar refractivity (Wildman–Crippen MR) is 109 cm³/mol. The first kappa shape index (κ1) is 20.8. The molecule has 1 aromatic carbocycles. The van der Waals surface area contributed by atoms with Gasteiger partial charge in [-0.3, -0.25) is 9.67 Å². The zero-order valence-corrected chi connectivity index (χ0v) is 16.5. The quantitative estimate of drug-likeness (QED) is 0.360. The summed E-state index contributed by atoms with van der Waals surface area (Å²) in [5.41, 5.74) is 0.943. The smallest absolute Gasteiger partial charge is 0.195 e. The summed E-state index contributed by atoms with van der Waals surface area (Å²) >= 11 is 0. The van der Waals surface area contributed by atoms with Gasteiger partial charge in [0, 0.05) is 63.9 Å². The summed E-state index contributed by atoms with van der Waals surface area (Å²) in [5, 5.41) is 10.9. The largest absolute Gasteiger partial charge is 0.493 e. The molecule has 2 N–H and O–H groups in total. The molecule has 1 atom stereocenters. The third kappa shape index (κ3) is 8.13. The van der Waals surface area contributed by atoms with E-state index in [1.54, 1.807) is 13.3 Å². The second kappa shape index (κ2) is 12.0. The van der Waals surface area contributed by atoms with Crippen molar-refractivity contribution in [1.82, 2.24) is 15.1 Å². The number of hydrogen-bond acceptors (Lipinski definition) is 4. The molecule has 1 heterocycles. The minimum atomic E-state index is 0.385.